The lowest BCUT2D eigenvalue weighted by Gasteiger charge is -2.17. The average molecular weight is 474 g/mol. The highest BCUT2D eigenvalue weighted by molar-refractivity contribution is 5.98. The van der Waals surface area contributed by atoms with Crippen LogP contribution in [0.3, 0.4) is 0 Å². The normalized spacial score (nSPS) is 13.1. The SMILES string of the molecule is COc1cc([N+](=O)[O-])cc(/C=N\NC(=O)c2cc([N+](=O)[O-])c(N3CCCC3)c([N+](=O)[O-])c2)c1O. The number of non-ortho nitro benzene ring substituents is 1. The molecule has 0 spiro atoms. The second kappa shape index (κ2) is 9.76. The van der Waals surface area contributed by atoms with Crippen LogP contribution in [0.4, 0.5) is 22.7 Å². The standard InChI is InChI=1S/C19H18N6O9/c1-34-16-9-13(23(28)29)6-12(18(16)26)10-20-21-19(27)11-7-14(24(30)31)17(15(8-11)25(32)33)22-4-2-3-5-22/h6-10,26H,2-5H2,1H3,(H,21,27)/b20-10-. The average Bonchev–Trinajstić information content (AvgIpc) is 3.33. The summed E-state index contributed by atoms with van der Waals surface area (Å²) in [5, 5.41) is 48.0. The Balaban J connectivity index is 1.93. The molecule has 0 radical (unpaired) electrons. The van der Waals surface area contributed by atoms with E-state index in [4.69, 9.17) is 4.74 Å². The van der Waals surface area contributed by atoms with Crippen LogP contribution in [0.2, 0.25) is 0 Å². The van der Waals surface area contributed by atoms with Crippen LogP contribution in [0.1, 0.15) is 28.8 Å². The number of phenolic OH excluding ortho intramolecular Hbond substituents is 1. The molecule has 1 aliphatic heterocycles. The van der Waals surface area contributed by atoms with Crippen molar-refractivity contribution in [2.45, 2.75) is 12.8 Å². The van der Waals surface area contributed by atoms with E-state index >= 15 is 0 Å². The number of aromatic hydroxyl groups is 1. The summed E-state index contributed by atoms with van der Waals surface area (Å²) in [5.41, 5.74) is -0.276. The van der Waals surface area contributed by atoms with Gasteiger partial charge in [0.15, 0.2) is 17.2 Å². The van der Waals surface area contributed by atoms with Crippen LogP contribution in [-0.2, 0) is 0 Å². The number of nitrogens with one attached hydrogen (secondary N) is 1. The second-order valence-corrected chi connectivity index (χ2v) is 7.11. The van der Waals surface area contributed by atoms with Gasteiger partial charge in [0.05, 0.1) is 39.7 Å². The Hall–Kier alpha value is -4.82. The minimum Gasteiger partial charge on any atom is -0.504 e. The number of methoxy groups -OCH3 is 1. The fourth-order valence-corrected chi connectivity index (χ4v) is 3.48. The van der Waals surface area contributed by atoms with Crippen molar-refractivity contribution in [1.29, 1.82) is 0 Å². The number of hydrazone groups is 1. The molecular weight excluding hydrogens is 456 g/mol. The minimum atomic E-state index is -1.01. The summed E-state index contributed by atoms with van der Waals surface area (Å²) >= 11 is 0. The number of nitro groups is 3. The first-order chi connectivity index (χ1) is 16.1. The molecule has 178 valence electrons. The Morgan fingerprint density at radius 1 is 1.06 bits per heavy atom. The molecule has 0 saturated carbocycles. The number of nitro benzene ring substituents is 3. The maximum absolute atomic E-state index is 12.5. The number of anilines is 1. The van der Waals surface area contributed by atoms with E-state index in [0.717, 1.165) is 43.3 Å². The third kappa shape index (κ3) is 4.82. The van der Waals surface area contributed by atoms with Crippen molar-refractivity contribution in [3.8, 4) is 11.5 Å². The van der Waals surface area contributed by atoms with Crippen LogP contribution < -0.4 is 15.1 Å². The number of amides is 1. The van der Waals surface area contributed by atoms with Crippen molar-refractivity contribution >= 4 is 34.9 Å². The van der Waals surface area contributed by atoms with Gasteiger partial charge in [-0.05, 0) is 12.8 Å². The Morgan fingerprint density at radius 2 is 1.65 bits per heavy atom. The summed E-state index contributed by atoms with van der Waals surface area (Å²) in [6, 6.07) is 3.80. The van der Waals surface area contributed by atoms with Gasteiger partial charge in [0.25, 0.3) is 23.0 Å². The van der Waals surface area contributed by atoms with E-state index in [1.807, 2.05) is 5.43 Å². The molecule has 1 saturated heterocycles. The summed E-state index contributed by atoms with van der Waals surface area (Å²) in [4.78, 5) is 46.0. The van der Waals surface area contributed by atoms with Crippen LogP contribution in [-0.4, -0.2) is 52.2 Å². The molecule has 1 heterocycles. The predicted octanol–water partition coefficient (Wildman–Crippen LogP) is 2.49. The van der Waals surface area contributed by atoms with Gasteiger partial charge in [-0.25, -0.2) is 5.43 Å². The molecule has 0 aromatic heterocycles. The topological polar surface area (TPSA) is 204 Å². The fourth-order valence-electron chi connectivity index (χ4n) is 3.48. The van der Waals surface area contributed by atoms with E-state index in [1.54, 1.807) is 0 Å². The lowest BCUT2D eigenvalue weighted by atomic mass is 10.1. The van der Waals surface area contributed by atoms with Gasteiger partial charge >= 0.3 is 0 Å². The molecule has 2 N–H and O–H groups in total. The number of carbonyl (C=O) groups is 1. The van der Waals surface area contributed by atoms with Gasteiger partial charge in [-0.3, -0.25) is 35.1 Å². The van der Waals surface area contributed by atoms with E-state index in [0.29, 0.717) is 13.1 Å². The second-order valence-electron chi connectivity index (χ2n) is 7.11. The van der Waals surface area contributed by atoms with Crippen LogP contribution in [0.5, 0.6) is 11.5 Å². The molecular formula is C19H18N6O9. The lowest BCUT2D eigenvalue weighted by Crippen LogP contribution is -2.22. The van der Waals surface area contributed by atoms with Gasteiger partial charge in [0.2, 0.25) is 0 Å². The van der Waals surface area contributed by atoms with E-state index in [-0.39, 0.29) is 22.6 Å². The first-order valence-electron chi connectivity index (χ1n) is 9.74. The van der Waals surface area contributed by atoms with Crippen LogP contribution >= 0.6 is 0 Å². The zero-order valence-corrected chi connectivity index (χ0v) is 17.7. The summed E-state index contributed by atoms with van der Waals surface area (Å²) in [6.45, 7) is 0.821. The molecule has 0 atom stereocenters. The monoisotopic (exact) mass is 474 g/mol. The van der Waals surface area contributed by atoms with Gasteiger partial charge in [-0.15, -0.1) is 0 Å². The molecule has 1 fully saturated rings. The van der Waals surface area contributed by atoms with Crippen molar-refractivity contribution in [1.82, 2.24) is 5.43 Å². The largest absolute Gasteiger partial charge is 0.504 e. The maximum Gasteiger partial charge on any atom is 0.300 e. The van der Waals surface area contributed by atoms with E-state index < -0.39 is 43.5 Å². The number of ether oxygens (including phenoxy) is 1. The molecule has 0 aliphatic carbocycles. The van der Waals surface area contributed by atoms with Crippen molar-refractivity contribution in [3.05, 3.63) is 65.7 Å². The number of hydrogen-bond donors (Lipinski definition) is 2. The summed E-state index contributed by atoms with van der Waals surface area (Å²) in [7, 11) is 1.19. The maximum atomic E-state index is 12.5. The molecule has 1 amide bonds. The zero-order chi connectivity index (χ0) is 25.0. The predicted molar refractivity (Wildman–Crippen MR) is 118 cm³/mol. The molecule has 0 unspecified atom stereocenters. The van der Waals surface area contributed by atoms with E-state index in [9.17, 15) is 40.2 Å². The van der Waals surface area contributed by atoms with Crippen molar-refractivity contribution < 1.29 is 29.4 Å². The Kier molecular flexibility index (Phi) is 6.84. The van der Waals surface area contributed by atoms with Crippen LogP contribution in [0, 0.1) is 30.3 Å². The molecule has 2 aromatic carbocycles. The molecule has 15 nitrogen and oxygen atoms in total. The number of rotatable bonds is 8. The smallest absolute Gasteiger partial charge is 0.300 e. The van der Waals surface area contributed by atoms with E-state index in [1.165, 1.54) is 12.0 Å². The number of carbonyl (C=O) groups excluding carboxylic acids is 1. The van der Waals surface area contributed by atoms with E-state index in [2.05, 4.69) is 5.10 Å². The minimum absolute atomic E-state index is 0.160. The summed E-state index contributed by atoms with van der Waals surface area (Å²) in [5.74, 6) is -1.69. The van der Waals surface area contributed by atoms with Crippen molar-refractivity contribution in [2.75, 3.05) is 25.1 Å². The van der Waals surface area contributed by atoms with Crippen molar-refractivity contribution in [2.24, 2.45) is 5.10 Å². The highest BCUT2D eigenvalue weighted by Gasteiger charge is 2.33. The van der Waals surface area contributed by atoms with Gasteiger partial charge < -0.3 is 14.7 Å². The molecule has 1 aliphatic rings. The van der Waals surface area contributed by atoms with Crippen LogP contribution in [0.15, 0.2) is 29.4 Å². The Labute approximate surface area is 190 Å². The fraction of sp³-hybridized carbons (Fsp3) is 0.263. The highest BCUT2D eigenvalue weighted by Crippen LogP contribution is 2.40. The number of nitrogens with zero attached hydrogens (tertiary/aromatic N) is 5. The molecule has 15 heteroatoms. The number of benzene rings is 2. The van der Waals surface area contributed by atoms with Gasteiger partial charge in [0, 0.05) is 36.9 Å². The quantitative estimate of drug-likeness (QED) is 0.325. The molecule has 3 rings (SSSR count). The third-order valence-corrected chi connectivity index (χ3v) is 5.04. The van der Waals surface area contributed by atoms with Gasteiger partial charge in [-0.2, -0.15) is 5.10 Å². The first kappa shape index (κ1) is 23.8. The molecule has 34 heavy (non-hydrogen) atoms. The van der Waals surface area contributed by atoms with Gasteiger partial charge in [0.1, 0.15) is 0 Å². The third-order valence-electron chi connectivity index (χ3n) is 5.04. The Morgan fingerprint density at radius 3 is 2.15 bits per heavy atom. The molecule has 0 bridgehead atoms. The van der Waals surface area contributed by atoms with Crippen LogP contribution in [0.25, 0.3) is 0 Å². The lowest BCUT2D eigenvalue weighted by molar-refractivity contribution is -0.392. The number of hydrogen-bond acceptors (Lipinski definition) is 11. The number of phenols is 1. The Bertz CT molecular complexity index is 1170. The summed E-state index contributed by atoms with van der Waals surface area (Å²) in [6.07, 6.45) is 2.34. The first-order valence-corrected chi connectivity index (χ1v) is 9.74. The highest BCUT2D eigenvalue weighted by atomic mass is 16.6. The molecule has 2 aromatic rings. The van der Waals surface area contributed by atoms with Crippen molar-refractivity contribution in [3.63, 3.8) is 0 Å². The zero-order valence-electron chi connectivity index (χ0n) is 17.7. The summed E-state index contributed by atoms with van der Waals surface area (Å²) < 4.78 is 4.86. The van der Waals surface area contributed by atoms with Gasteiger partial charge in [-0.1, -0.05) is 0 Å².